The van der Waals surface area contributed by atoms with Crippen LogP contribution in [0.5, 0.6) is 5.75 Å². The van der Waals surface area contributed by atoms with E-state index < -0.39 is 34.2 Å². The van der Waals surface area contributed by atoms with Crippen molar-refractivity contribution in [3.8, 4) is 5.75 Å². The van der Waals surface area contributed by atoms with Crippen molar-refractivity contribution >= 4 is 33.0 Å². The molecule has 3 aromatic rings. The van der Waals surface area contributed by atoms with Gasteiger partial charge in [-0.2, -0.15) is 18.3 Å². The van der Waals surface area contributed by atoms with E-state index in [2.05, 4.69) is 10.4 Å². The topological polar surface area (TPSA) is 90.3 Å². The largest absolute Gasteiger partial charge is 0.497 e. The van der Waals surface area contributed by atoms with Crippen LogP contribution < -0.4 is 10.1 Å². The van der Waals surface area contributed by atoms with Gasteiger partial charge in [-0.3, -0.25) is 9.48 Å². The number of aromatic nitrogens is 2. The van der Waals surface area contributed by atoms with Crippen molar-refractivity contribution < 1.29 is 31.1 Å². The Kier molecular flexibility index (Phi) is 6.51. The van der Waals surface area contributed by atoms with Gasteiger partial charge in [-0.25, -0.2) is 8.42 Å². The Hall–Kier alpha value is -3.05. The molecule has 32 heavy (non-hydrogen) atoms. The molecule has 1 heterocycles. The number of carbonyl (C=O) groups is 1. The maximum atomic E-state index is 13.1. The van der Waals surface area contributed by atoms with Crippen LogP contribution >= 0.6 is 11.6 Å². The van der Waals surface area contributed by atoms with Gasteiger partial charge >= 0.3 is 6.18 Å². The minimum Gasteiger partial charge on any atom is -0.497 e. The lowest BCUT2D eigenvalue weighted by Gasteiger charge is -2.13. The van der Waals surface area contributed by atoms with Crippen LogP contribution in [0.3, 0.4) is 0 Å². The molecule has 0 aliphatic heterocycles. The number of ether oxygens (including phenoxy) is 1. The summed E-state index contributed by atoms with van der Waals surface area (Å²) in [4.78, 5) is 12.2. The fourth-order valence-corrected chi connectivity index (χ4v) is 4.34. The lowest BCUT2D eigenvalue weighted by atomic mass is 10.3. The van der Waals surface area contributed by atoms with Crippen LogP contribution in [-0.4, -0.2) is 31.2 Å². The van der Waals surface area contributed by atoms with Crippen molar-refractivity contribution in [2.24, 2.45) is 0 Å². The SMILES string of the molecule is COc1cc(NC(=O)Cn2nc(C)cc2C(F)(F)F)cc(S(=O)(=O)c2ccc(Cl)cc2)c1. The molecule has 0 aliphatic rings. The predicted molar refractivity (Wildman–Crippen MR) is 110 cm³/mol. The van der Waals surface area contributed by atoms with Gasteiger partial charge < -0.3 is 10.1 Å². The molecule has 1 aromatic heterocycles. The predicted octanol–water partition coefficient (Wildman–Crippen LogP) is 4.34. The molecule has 0 spiro atoms. The van der Waals surface area contributed by atoms with Gasteiger partial charge in [0.1, 0.15) is 18.0 Å². The van der Waals surface area contributed by atoms with Crippen LogP contribution in [0.1, 0.15) is 11.4 Å². The number of hydrogen-bond donors (Lipinski definition) is 1. The third kappa shape index (κ3) is 5.22. The van der Waals surface area contributed by atoms with Gasteiger partial charge in [0.25, 0.3) is 0 Å². The number of benzene rings is 2. The van der Waals surface area contributed by atoms with Crippen LogP contribution in [0, 0.1) is 6.92 Å². The van der Waals surface area contributed by atoms with Crippen molar-refractivity contribution in [1.29, 1.82) is 0 Å². The lowest BCUT2D eigenvalue weighted by molar-refractivity contribution is -0.144. The fraction of sp³-hybridized carbons (Fsp3) is 0.200. The zero-order chi connectivity index (χ0) is 23.7. The second kappa shape index (κ2) is 8.83. The first-order chi connectivity index (χ1) is 14.9. The average Bonchev–Trinajstić information content (AvgIpc) is 3.08. The van der Waals surface area contributed by atoms with E-state index in [-0.39, 0.29) is 26.9 Å². The molecule has 0 saturated heterocycles. The van der Waals surface area contributed by atoms with E-state index in [0.29, 0.717) is 9.70 Å². The number of aryl methyl sites for hydroxylation is 1. The van der Waals surface area contributed by atoms with Crippen LogP contribution in [0.15, 0.2) is 58.3 Å². The van der Waals surface area contributed by atoms with Gasteiger partial charge in [0.2, 0.25) is 15.7 Å². The molecule has 0 aliphatic carbocycles. The summed E-state index contributed by atoms with van der Waals surface area (Å²) < 4.78 is 70.9. The number of nitrogens with one attached hydrogen (secondary N) is 1. The minimum atomic E-state index is -4.68. The normalized spacial score (nSPS) is 11.9. The summed E-state index contributed by atoms with van der Waals surface area (Å²) >= 11 is 5.81. The summed E-state index contributed by atoms with van der Waals surface area (Å²) in [6.07, 6.45) is -4.68. The number of amides is 1. The van der Waals surface area contributed by atoms with Crippen LogP contribution in [0.4, 0.5) is 18.9 Å². The molecule has 1 amide bonds. The Balaban J connectivity index is 1.90. The summed E-state index contributed by atoms with van der Waals surface area (Å²) in [6.45, 7) is 0.652. The smallest absolute Gasteiger partial charge is 0.433 e. The molecular formula is C20H17ClF3N3O4S. The van der Waals surface area contributed by atoms with E-state index in [0.717, 1.165) is 6.07 Å². The number of methoxy groups -OCH3 is 1. The van der Waals surface area contributed by atoms with Crippen molar-refractivity contribution in [3.63, 3.8) is 0 Å². The Bertz CT molecular complexity index is 1260. The van der Waals surface area contributed by atoms with Crippen molar-refractivity contribution in [2.45, 2.75) is 29.4 Å². The van der Waals surface area contributed by atoms with Crippen LogP contribution in [0.25, 0.3) is 0 Å². The van der Waals surface area contributed by atoms with Crippen LogP contribution in [-0.2, 0) is 27.4 Å². The first-order valence-corrected chi connectivity index (χ1v) is 10.9. The number of nitrogens with zero attached hydrogens (tertiary/aromatic N) is 2. The van der Waals surface area contributed by atoms with Crippen molar-refractivity contribution in [3.05, 3.63) is 64.9 Å². The van der Waals surface area contributed by atoms with Gasteiger partial charge in [0.05, 0.1) is 22.6 Å². The Labute approximate surface area is 186 Å². The maximum absolute atomic E-state index is 13.1. The molecule has 170 valence electrons. The molecule has 0 saturated carbocycles. The quantitative estimate of drug-likeness (QED) is 0.558. The van der Waals surface area contributed by atoms with Gasteiger partial charge in [-0.15, -0.1) is 0 Å². The molecule has 2 aromatic carbocycles. The molecule has 0 radical (unpaired) electrons. The maximum Gasteiger partial charge on any atom is 0.433 e. The van der Waals surface area contributed by atoms with E-state index in [9.17, 15) is 26.4 Å². The molecule has 0 unspecified atom stereocenters. The van der Waals surface area contributed by atoms with E-state index in [1.54, 1.807) is 0 Å². The second-order valence-corrected chi connectivity index (χ2v) is 9.12. The highest BCUT2D eigenvalue weighted by Gasteiger charge is 2.35. The third-order valence-electron chi connectivity index (χ3n) is 4.32. The summed E-state index contributed by atoms with van der Waals surface area (Å²) in [6, 6.07) is 10.1. The molecule has 12 heteroatoms. The average molecular weight is 488 g/mol. The molecule has 1 N–H and O–H groups in total. The molecule has 0 bridgehead atoms. The third-order valence-corrected chi connectivity index (χ3v) is 6.32. The number of carbonyl (C=O) groups excluding carboxylic acids is 1. The number of anilines is 1. The number of hydrogen-bond acceptors (Lipinski definition) is 5. The van der Waals surface area contributed by atoms with Gasteiger partial charge in [0, 0.05) is 16.8 Å². The molecule has 3 rings (SSSR count). The highest BCUT2D eigenvalue weighted by molar-refractivity contribution is 7.91. The number of rotatable bonds is 6. The Morgan fingerprint density at radius 3 is 2.38 bits per heavy atom. The van der Waals surface area contributed by atoms with Crippen LogP contribution in [0.2, 0.25) is 5.02 Å². The highest BCUT2D eigenvalue weighted by Crippen LogP contribution is 2.31. The van der Waals surface area contributed by atoms with Crippen molar-refractivity contribution in [1.82, 2.24) is 9.78 Å². The van der Waals surface area contributed by atoms with Gasteiger partial charge in [-0.1, -0.05) is 11.6 Å². The van der Waals surface area contributed by atoms with Crippen molar-refractivity contribution in [2.75, 3.05) is 12.4 Å². The summed E-state index contributed by atoms with van der Waals surface area (Å²) in [5, 5.41) is 6.45. The van der Waals surface area contributed by atoms with Gasteiger partial charge in [0.15, 0.2) is 0 Å². The monoisotopic (exact) mass is 487 g/mol. The highest BCUT2D eigenvalue weighted by atomic mass is 35.5. The Morgan fingerprint density at radius 1 is 1.12 bits per heavy atom. The lowest BCUT2D eigenvalue weighted by Crippen LogP contribution is -2.23. The first kappa shape index (κ1) is 23.6. The van der Waals surface area contributed by atoms with E-state index in [1.165, 1.54) is 56.5 Å². The first-order valence-electron chi connectivity index (χ1n) is 9.01. The molecule has 7 nitrogen and oxygen atoms in total. The Morgan fingerprint density at radius 2 is 1.78 bits per heavy atom. The molecule has 0 fully saturated rings. The summed E-state index contributed by atoms with van der Waals surface area (Å²) in [5.41, 5.74) is -0.941. The standard InChI is InChI=1S/C20H17ClF3N3O4S/c1-12-7-18(20(22,23)24)27(26-12)11-19(28)25-14-8-15(31-2)10-17(9-14)32(29,30)16-5-3-13(21)4-6-16/h3-10H,11H2,1-2H3,(H,25,28). The van der Waals surface area contributed by atoms with E-state index >= 15 is 0 Å². The summed E-state index contributed by atoms with van der Waals surface area (Å²) in [7, 11) is -2.68. The van der Waals surface area contributed by atoms with E-state index in [4.69, 9.17) is 16.3 Å². The number of halogens is 4. The zero-order valence-corrected chi connectivity index (χ0v) is 18.3. The van der Waals surface area contributed by atoms with Gasteiger partial charge in [-0.05, 0) is 49.4 Å². The minimum absolute atomic E-state index is 0.0272. The number of alkyl halides is 3. The fourth-order valence-electron chi connectivity index (χ4n) is 2.90. The van der Waals surface area contributed by atoms with E-state index in [1.807, 2.05) is 0 Å². The molecular weight excluding hydrogens is 471 g/mol. The number of sulfone groups is 1. The summed E-state index contributed by atoms with van der Waals surface area (Å²) in [5.74, 6) is -0.706. The molecule has 0 atom stereocenters. The zero-order valence-electron chi connectivity index (χ0n) is 16.8. The second-order valence-electron chi connectivity index (χ2n) is 6.73.